The predicted octanol–water partition coefficient (Wildman–Crippen LogP) is 2.12. The van der Waals surface area contributed by atoms with Crippen molar-refractivity contribution in [3.8, 4) is 11.3 Å². The van der Waals surface area contributed by atoms with Gasteiger partial charge in [0.15, 0.2) is 6.54 Å². The van der Waals surface area contributed by atoms with Gasteiger partial charge in [0.25, 0.3) is 0 Å². The van der Waals surface area contributed by atoms with Gasteiger partial charge >= 0.3 is 0 Å². The molecule has 0 fully saturated rings. The summed E-state index contributed by atoms with van der Waals surface area (Å²) in [7, 11) is 0. The summed E-state index contributed by atoms with van der Waals surface area (Å²) in [6.07, 6.45) is -0.438. The molecule has 1 unspecified atom stereocenters. The van der Waals surface area contributed by atoms with Crippen molar-refractivity contribution in [3.63, 3.8) is 0 Å². The lowest BCUT2D eigenvalue weighted by Crippen LogP contribution is -2.78. The van der Waals surface area contributed by atoms with Crippen LogP contribution in [-0.4, -0.2) is 17.8 Å². The molecular weight excluding hydrogens is 298 g/mol. The highest BCUT2D eigenvalue weighted by molar-refractivity contribution is 6.31. The van der Waals surface area contributed by atoms with Crippen LogP contribution in [0.15, 0.2) is 59.0 Å². The Morgan fingerprint density at radius 1 is 1.14 bits per heavy atom. The van der Waals surface area contributed by atoms with Crippen molar-refractivity contribution in [2.45, 2.75) is 13.0 Å². The molecular formula is C18H17ClNO2+. The molecule has 0 aliphatic rings. The third kappa shape index (κ3) is 3.21. The van der Waals surface area contributed by atoms with Crippen LogP contribution in [-0.2, 0) is 0 Å². The molecule has 0 aliphatic heterocycles. The van der Waals surface area contributed by atoms with E-state index in [0.717, 1.165) is 27.7 Å². The highest BCUT2D eigenvalue weighted by atomic mass is 35.5. The SMILES string of the molecule is CC(O)C[NH+]=c1cc(-c2ccccc2)oc2ccc(Cl)cc12. The molecule has 22 heavy (non-hydrogen) atoms. The van der Waals surface area contributed by atoms with E-state index in [4.69, 9.17) is 16.0 Å². The van der Waals surface area contributed by atoms with Gasteiger partial charge in [-0.25, -0.2) is 4.99 Å². The third-order valence-electron chi connectivity index (χ3n) is 3.37. The topological polar surface area (TPSA) is 47.3 Å². The van der Waals surface area contributed by atoms with E-state index >= 15 is 0 Å². The second-order valence-electron chi connectivity index (χ2n) is 5.26. The average Bonchev–Trinajstić information content (AvgIpc) is 2.53. The average molecular weight is 315 g/mol. The molecule has 112 valence electrons. The van der Waals surface area contributed by atoms with E-state index in [0.29, 0.717) is 11.6 Å². The Bertz CT molecular complexity index is 854. The van der Waals surface area contributed by atoms with Crippen LogP contribution in [0.5, 0.6) is 0 Å². The number of halogens is 1. The summed E-state index contributed by atoms with van der Waals surface area (Å²) in [5.41, 5.74) is 1.75. The van der Waals surface area contributed by atoms with Gasteiger partial charge in [-0.05, 0) is 25.1 Å². The number of aliphatic hydroxyl groups excluding tert-OH is 1. The molecule has 3 nitrogen and oxygen atoms in total. The van der Waals surface area contributed by atoms with Crippen LogP contribution in [0.2, 0.25) is 5.02 Å². The first-order valence-corrected chi connectivity index (χ1v) is 7.55. The van der Waals surface area contributed by atoms with Gasteiger partial charge in [-0.1, -0.05) is 41.9 Å². The number of hydrogen-bond donors (Lipinski definition) is 2. The highest BCUT2D eigenvalue weighted by Crippen LogP contribution is 2.23. The van der Waals surface area contributed by atoms with Crippen molar-refractivity contribution in [2.24, 2.45) is 0 Å². The van der Waals surface area contributed by atoms with Crippen LogP contribution in [0.25, 0.3) is 22.3 Å². The van der Waals surface area contributed by atoms with Gasteiger partial charge in [0.1, 0.15) is 17.4 Å². The van der Waals surface area contributed by atoms with Gasteiger partial charge in [-0.15, -0.1) is 0 Å². The third-order valence-corrected chi connectivity index (χ3v) is 3.61. The lowest BCUT2D eigenvalue weighted by molar-refractivity contribution is -0.508. The number of aliphatic hydroxyl groups is 1. The molecule has 0 bridgehead atoms. The van der Waals surface area contributed by atoms with Gasteiger partial charge in [0, 0.05) is 10.6 Å². The van der Waals surface area contributed by atoms with Crippen molar-refractivity contribution < 1.29 is 14.5 Å². The minimum absolute atomic E-state index is 0.438. The number of hydrogen-bond acceptors (Lipinski definition) is 2. The first-order chi connectivity index (χ1) is 10.6. The van der Waals surface area contributed by atoms with E-state index in [1.54, 1.807) is 13.0 Å². The molecule has 0 amide bonds. The summed E-state index contributed by atoms with van der Waals surface area (Å²) < 4.78 is 5.99. The number of nitrogens with one attached hydrogen (secondary N) is 1. The Balaban J connectivity index is 2.25. The molecule has 0 saturated heterocycles. The van der Waals surface area contributed by atoms with Crippen LogP contribution in [0.1, 0.15) is 6.92 Å². The lowest BCUT2D eigenvalue weighted by Gasteiger charge is -2.03. The van der Waals surface area contributed by atoms with Crippen molar-refractivity contribution in [1.29, 1.82) is 0 Å². The zero-order chi connectivity index (χ0) is 15.5. The van der Waals surface area contributed by atoms with Gasteiger partial charge in [-0.3, -0.25) is 0 Å². The fourth-order valence-corrected chi connectivity index (χ4v) is 2.48. The second-order valence-corrected chi connectivity index (χ2v) is 5.70. The number of rotatable bonds is 3. The smallest absolute Gasteiger partial charge is 0.213 e. The Morgan fingerprint density at radius 3 is 2.64 bits per heavy atom. The Hall–Kier alpha value is -2.10. The van der Waals surface area contributed by atoms with Crippen molar-refractivity contribution in [2.75, 3.05) is 6.54 Å². The summed E-state index contributed by atoms with van der Waals surface area (Å²) in [5, 5.41) is 12.0. The van der Waals surface area contributed by atoms with Crippen LogP contribution in [0, 0.1) is 0 Å². The maximum absolute atomic E-state index is 9.51. The Morgan fingerprint density at radius 2 is 1.91 bits per heavy atom. The lowest BCUT2D eigenvalue weighted by atomic mass is 10.1. The fraction of sp³-hybridized carbons (Fsp3) is 0.167. The standard InChI is InChI=1S/C18H16ClNO2/c1-12(21)11-20-16-10-18(13-5-3-2-4-6-13)22-17-8-7-14(19)9-15(16)17/h2-10,12,21H,11H2,1H3/p+1. The summed E-state index contributed by atoms with van der Waals surface area (Å²) in [4.78, 5) is 3.26. The summed E-state index contributed by atoms with van der Waals surface area (Å²) in [6.45, 7) is 2.20. The molecule has 2 N–H and O–H groups in total. The zero-order valence-corrected chi connectivity index (χ0v) is 13.0. The van der Waals surface area contributed by atoms with E-state index in [2.05, 4.69) is 4.99 Å². The van der Waals surface area contributed by atoms with E-state index in [1.165, 1.54) is 0 Å². The number of benzene rings is 2. The van der Waals surface area contributed by atoms with E-state index in [-0.39, 0.29) is 0 Å². The minimum atomic E-state index is -0.438. The quantitative estimate of drug-likeness (QED) is 0.778. The fourth-order valence-electron chi connectivity index (χ4n) is 2.31. The van der Waals surface area contributed by atoms with Gasteiger partial charge in [-0.2, -0.15) is 0 Å². The van der Waals surface area contributed by atoms with Gasteiger partial charge < -0.3 is 9.52 Å². The first kappa shape index (κ1) is 14.8. The molecule has 1 heterocycles. The highest BCUT2D eigenvalue weighted by Gasteiger charge is 2.10. The van der Waals surface area contributed by atoms with Gasteiger partial charge in [0.2, 0.25) is 5.36 Å². The maximum Gasteiger partial charge on any atom is 0.213 e. The molecule has 0 spiro atoms. The van der Waals surface area contributed by atoms with Crippen LogP contribution in [0.3, 0.4) is 0 Å². The summed E-state index contributed by atoms with van der Waals surface area (Å²) in [5.74, 6) is 0.767. The summed E-state index contributed by atoms with van der Waals surface area (Å²) >= 11 is 6.09. The first-order valence-electron chi connectivity index (χ1n) is 7.17. The van der Waals surface area contributed by atoms with Crippen LogP contribution in [0.4, 0.5) is 0 Å². The largest absolute Gasteiger partial charge is 0.456 e. The van der Waals surface area contributed by atoms with E-state index in [9.17, 15) is 5.11 Å². The molecule has 2 aromatic carbocycles. The van der Waals surface area contributed by atoms with Crippen molar-refractivity contribution in [1.82, 2.24) is 0 Å². The van der Waals surface area contributed by atoms with Crippen molar-refractivity contribution in [3.05, 3.63) is 65.0 Å². The van der Waals surface area contributed by atoms with Crippen molar-refractivity contribution >= 4 is 22.6 Å². The Labute approximate surface area is 133 Å². The minimum Gasteiger partial charge on any atom is -0.456 e. The normalized spacial score (nSPS) is 13.5. The molecule has 0 radical (unpaired) electrons. The van der Waals surface area contributed by atoms with Crippen LogP contribution < -0.4 is 10.3 Å². The molecule has 3 rings (SSSR count). The second kappa shape index (κ2) is 6.34. The molecule has 3 aromatic rings. The van der Waals surface area contributed by atoms with Crippen LogP contribution >= 0.6 is 11.6 Å². The predicted molar refractivity (Wildman–Crippen MR) is 87.3 cm³/mol. The summed E-state index contributed by atoms with van der Waals surface area (Å²) in [6, 6.07) is 17.4. The Kier molecular flexibility index (Phi) is 4.27. The van der Waals surface area contributed by atoms with Gasteiger partial charge in [0.05, 0.1) is 11.5 Å². The monoisotopic (exact) mass is 314 g/mol. The molecule has 0 aliphatic carbocycles. The molecule has 4 heteroatoms. The van der Waals surface area contributed by atoms with E-state index < -0.39 is 6.10 Å². The van der Waals surface area contributed by atoms with E-state index in [1.807, 2.05) is 48.5 Å². The molecule has 0 saturated carbocycles. The molecule has 1 atom stereocenters. The number of fused-ring (bicyclic) bond motifs is 1. The zero-order valence-electron chi connectivity index (χ0n) is 12.2. The maximum atomic E-state index is 9.51. The molecule has 1 aromatic heterocycles.